The van der Waals surface area contributed by atoms with Gasteiger partial charge in [-0.2, -0.15) is 13.2 Å². The molecule has 32 heavy (non-hydrogen) atoms. The number of rotatable bonds is 3. The molecule has 3 atom stereocenters. The number of hydrogen-bond acceptors (Lipinski definition) is 5. The van der Waals surface area contributed by atoms with Crippen LogP contribution in [0, 0.1) is 17.5 Å². The Bertz CT molecular complexity index is 1050. The molecule has 1 saturated heterocycles. The smallest absolute Gasteiger partial charge is 0.451 e. The number of carboxylic acid groups (broad SMARTS) is 1. The van der Waals surface area contributed by atoms with Crippen LogP contribution in [0.5, 0.6) is 0 Å². The second-order valence-corrected chi connectivity index (χ2v) is 7.56. The molecule has 2 aliphatic rings. The summed E-state index contributed by atoms with van der Waals surface area (Å²) in [5.41, 5.74) is 0.352. The van der Waals surface area contributed by atoms with Crippen LogP contribution in [-0.2, 0) is 24.0 Å². The summed E-state index contributed by atoms with van der Waals surface area (Å²) in [6.07, 6.45) is -6.16. The zero-order valence-electron chi connectivity index (χ0n) is 16.2. The summed E-state index contributed by atoms with van der Waals surface area (Å²) in [4.78, 5) is 19.9. The summed E-state index contributed by atoms with van der Waals surface area (Å²) >= 11 is 0. The standard InChI is InChI=1S/C19H16F6N4O3/c20-11-3-13(22)12(21)2-10(11)16-14(28-18(30)31)1-9(7-32-16)29-5-8-4-26-17(19(23,24)25)27-15(8)6-29/h2-4,9,14,16,28H,1,5-7H2,(H,30,31)/t9-,14+,16+/m1/s1. The Balaban J connectivity index is 1.53. The predicted molar refractivity (Wildman–Crippen MR) is 94.6 cm³/mol. The maximum atomic E-state index is 14.3. The van der Waals surface area contributed by atoms with Gasteiger partial charge >= 0.3 is 12.3 Å². The van der Waals surface area contributed by atoms with Crippen LogP contribution in [0.25, 0.3) is 0 Å². The zero-order chi connectivity index (χ0) is 23.2. The number of nitrogens with one attached hydrogen (secondary N) is 1. The largest absolute Gasteiger partial charge is 0.465 e. The highest BCUT2D eigenvalue weighted by Crippen LogP contribution is 2.36. The van der Waals surface area contributed by atoms with Crippen LogP contribution in [0.1, 0.15) is 35.2 Å². The van der Waals surface area contributed by atoms with Gasteiger partial charge in [0.05, 0.1) is 18.3 Å². The number of carbonyl (C=O) groups is 1. The van der Waals surface area contributed by atoms with Crippen molar-refractivity contribution in [3.05, 3.63) is 58.4 Å². The summed E-state index contributed by atoms with van der Waals surface area (Å²) < 4.78 is 85.4. The van der Waals surface area contributed by atoms with Crippen LogP contribution < -0.4 is 5.32 Å². The van der Waals surface area contributed by atoms with Crippen LogP contribution >= 0.6 is 0 Å². The lowest BCUT2D eigenvalue weighted by Crippen LogP contribution is -2.51. The van der Waals surface area contributed by atoms with Gasteiger partial charge in [0.15, 0.2) is 11.6 Å². The Labute approximate surface area is 177 Å². The number of fused-ring (bicyclic) bond motifs is 1. The molecule has 13 heteroatoms. The third-order valence-corrected chi connectivity index (χ3v) is 5.47. The van der Waals surface area contributed by atoms with Gasteiger partial charge in [-0.3, -0.25) is 4.90 Å². The van der Waals surface area contributed by atoms with Crippen molar-refractivity contribution in [2.45, 2.75) is 43.9 Å². The number of hydrogen-bond donors (Lipinski definition) is 2. The molecule has 0 spiro atoms. The van der Waals surface area contributed by atoms with E-state index in [0.29, 0.717) is 17.7 Å². The van der Waals surface area contributed by atoms with Crippen molar-refractivity contribution >= 4 is 6.09 Å². The van der Waals surface area contributed by atoms with Gasteiger partial charge in [0.25, 0.3) is 0 Å². The summed E-state index contributed by atoms with van der Waals surface area (Å²) in [5.74, 6) is -5.04. The molecule has 0 unspecified atom stereocenters. The summed E-state index contributed by atoms with van der Waals surface area (Å²) in [6.45, 7) is 0.221. The fourth-order valence-electron chi connectivity index (χ4n) is 4.00. The van der Waals surface area contributed by atoms with Crippen molar-refractivity contribution in [1.29, 1.82) is 0 Å². The average molecular weight is 462 g/mol. The van der Waals surface area contributed by atoms with Crippen molar-refractivity contribution in [1.82, 2.24) is 20.2 Å². The van der Waals surface area contributed by atoms with Crippen LogP contribution in [0.3, 0.4) is 0 Å². The molecule has 0 saturated carbocycles. The van der Waals surface area contributed by atoms with E-state index >= 15 is 0 Å². The number of halogens is 6. The van der Waals surface area contributed by atoms with Crippen molar-refractivity contribution in [3.8, 4) is 0 Å². The van der Waals surface area contributed by atoms with Crippen LogP contribution in [0.2, 0.25) is 0 Å². The van der Waals surface area contributed by atoms with Crippen molar-refractivity contribution in [2.75, 3.05) is 6.61 Å². The molecule has 0 radical (unpaired) electrons. The first-order valence-electron chi connectivity index (χ1n) is 9.44. The fraction of sp³-hybridized carbons (Fsp3) is 0.421. The molecule has 2 N–H and O–H groups in total. The van der Waals surface area contributed by atoms with E-state index in [1.165, 1.54) is 0 Å². The van der Waals surface area contributed by atoms with E-state index in [2.05, 4.69) is 15.3 Å². The van der Waals surface area contributed by atoms with Crippen molar-refractivity contribution < 1.29 is 41.0 Å². The first-order chi connectivity index (χ1) is 15.0. The van der Waals surface area contributed by atoms with E-state index in [1.807, 2.05) is 0 Å². The van der Waals surface area contributed by atoms with Gasteiger partial charge in [0.1, 0.15) is 11.9 Å². The van der Waals surface area contributed by atoms with E-state index < -0.39 is 53.7 Å². The van der Waals surface area contributed by atoms with Crippen LogP contribution in [-0.4, -0.2) is 44.8 Å². The highest BCUT2D eigenvalue weighted by Gasteiger charge is 2.41. The molecule has 3 heterocycles. The van der Waals surface area contributed by atoms with Gasteiger partial charge in [-0.15, -0.1) is 0 Å². The van der Waals surface area contributed by atoms with Crippen LogP contribution in [0.4, 0.5) is 31.1 Å². The molecule has 1 aromatic carbocycles. The van der Waals surface area contributed by atoms with Gasteiger partial charge in [-0.05, 0) is 12.5 Å². The Morgan fingerprint density at radius 2 is 1.88 bits per heavy atom. The third-order valence-electron chi connectivity index (χ3n) is 5.47. The molecule has 1 fully saturated rings. The maximum Gasteiger partial charge on any atom is 0.451 e. The maximum absolute atomic E-state index is 14.3. The Hall–Kier alpha value is -2.93. The molecule has 7 nitrogen and oxygen atoms in total. The molecule has 1 aromatic heterocycles. The van der Waals surface area contributed by atoms with Gasteiger partial charge in [0.2, 0.25) is 5.82 Å². The Morgan fingerprint density at radius 3 is 2.56 bits per heavy atom. The summed E-state index contributed by atoms with van der Waals surface area (Å²) in [6, 6.07) is -0.510. The summed E-state index contributed by atoms with van der Waals surface area (Å²) in [5, 5.41) is 11.4. The fourth-order valence-corrected chi connectivity index (χ4v) is 4.00. The second-order valence-electron chi connectivity index (χ2n) is 7.56. The minimum atomic E-state index is -4.69. The summed E-state index contributed by atoms with van der Waals surface area (Å²) in [7, 11) is 0. The number of amides is 1. The molecule has 4 rings (SSSR count). The molecule has 2 aromatic rings. The number of benzene rings is 1. The molecular weight excluding hydrogens is 446 g/mol. The van der Waals surface area contributed by atoms with E-state index in [0.717, 1.165) is 6.20 Å². The minimum absolute atomic E-state index is 0.0472. The normalized spacial score (nSPS) is 23.8. The van der Waals surface area contributed by atoms with Gasteiger partial charge in [-0.25, -0.2) is 27.9 Å². The number of aromatic nitrogens is 2. The molecule has 2 aliphatic heterocycles. The molecule has 172 valence electrons. The number of nitrogens with zero attached hydrogens (tertiary/aromatic N) is 3. The van der Waals surface area contributed by atoms with E-state index in [9.17, 15) is 31.1 Å². The minimum Gasteiger partial charge on any atom is -0.465 e. The van der Waals surface area contributed by atoms with E-state index in [1.54, 1.807) is 4.90 Å². The highest BCUT2D eigenvalue weighted by atomic mass is 19.4. The second kappa shape index (κ2) is 8.20. The molecule has 0 aliphatic carbocycles. The first kappa shape index (κ1) is 22.3. The van der Waals surface area contributed by atoms with Gasteiger partial charge in [-0.1, -0.05) is 0 Å². The zero-order valence-corrected chi connectivity index (χ0v) is 16.2. The lowest BCUT2D eigenvalue weighted by Gasteiger charge is -2.40. The van der Waals surface area contributed by atoms with Crippen molar-refractivity contribution in [2.24, 2.45) is 0 Å². The number of alkyl halides is 3. The predicted octanol–water partition coefficient (Wildman–Crippen LogP) is 3.39. The highest BCUT2D eigenvalue weighted by molar-refractivity contribution is 5.65. The quantitative estimate of drug-likeness (QED) is 0.537. The van der Waals surface area contributed by atoms with Gasteiger partial charge < -0.3 is 15.2 Å². The number of ether oxygens (including phenoxy) is 1. The lowest BCUT2D eigenvalue weighted by atomic mass is 9.92. The Morgan fingerprint density at radius 1 is 1.16 bits per heavy atom. The SMILES string of the molecule is O=C(O)N[C@H]1C[C@@H](N2Cc3cnc(C(F)(F)F)nc3C2)CO[C@H]1c1cc(F)c(F)cc1F. The van der Waals surface area contributed by atoms with Crippen LogP contribution in [0.15, 0.2) is 18.3 Å². The van der Waals surface area contributed by atoms with Crippen molar-refractivity contribution in [3.63, 3.8) is 0 Å². The lowest BCUT2D eigenvalue weighted by molar-refractivity contribution is -0.145. The average Bonchev–Trinajstić information content (AvgIpc) is 3.13. The topological polar surface area (TPSA) is 87.6 Å². The monoisotopic (exact) mass is 462 g/mol. The molecular formula is C19H16F6N4O3. The molecule has 1 amide bonds. The third kappa shape index (κ3) is 4.35. The first-order valence-corrected chi connectivity index (χ1v) is 9.44. The van der Waals surface area contributed by atoms with E-state index in [-0.39, 0.29) is 37.4 Å². The van der Waals surface area contributed by atoms with Gasteiger partial charge in [0, 0.05) is 42.5 Å². The molecule has 0 bridgehead atoms. The van der Waals surface area contributed by atoms with E-state index in [4.69, 9.17) is 9.84 Å². The Kier molecular flexibility index (Phi) is 5.71.